The largest absolute Gasteiger partial charge is 0.297 e. The van der Waals surface area contributed by atoms with Crippen LogP contribution in [0.3, 0.4) is 0 Å². The molecule has 4 bridgehead atoms. The van der Waals surface area contributed by atoms with Crippen LogP contribution in [0.25, 0.3) is 0 Å². The molecule has 0 spiro atoms. The maximum absolute atomic E-state index is 5.45. The monoisotopic (exact) mass is 398 g/mol. The summed E-state index contributed by atoms with van der Waals surface area (Å²) in [7, 11) is 0. The average molecular weight is 399 g/mol. The second-order valence-corrected chi connectivity index (χ2v) is 10.3. The zero-order valence-electron chi connectivity index (χ0n) is 17.9. The summed E-state index contributed by atoms with van der Waals surface area (Å²) in [6.45, 7) is 2.48. The molecule has 5 fully saturated rings. The summed E-state index contributed by atoms with van der Waals surface area (Å²) in [6, 6.07) is 23.3. The summed E-state index contributed by atoms with van der Waals surface area (Å²) < 4.78 is 0. The molecule has 2 aromatic rings. The van der Waals surface area contributed by atoms with E-state index in [2.05, 4.69) is 71.8 Å². The maximum atomic E-state index is 5.45. The number of hydrogen-bond acceptors (Lipinski definition) is 2. The first-order valence-corrected chi connectivity index (χ1v) is 12.2. The summed E-state index contributed by atoms with van der Waals surface area (Å²) in [6.07, 6.45) is 10.9. The van der Waals surface area contributed by atoms with E-state index in [9.17, 15) is 0 Å². The molecule has 0 aromatic heterocycles. The van der Waals surface area contributed by atoms with Gasteiger partial charge in [-0.3, -0.25) is 9.89 Å². The predicted molar refractivity (Wildman–Crippen MR) is 124 cm³/mol. The number of rotatable bonds is 5. The molecule has 30 heavy (non-hydrogen) atoms. The third-order valence-corrected chi connectivity index (χ3v) is 8.73. The van der Waals surface area contributed by atoms with Crippen molar-refractivity contribution in [2.45, 2.75) is 56.5 Å². The van der Waals surface area contributed by atoms with Crippen molar-refractivity contribution in [1.29, 1.82) is 0 Å². The molecular weight excluding hydrogens is 364 g/mol. The van der Waals surface area contributed by atoms with Crippen LogP contribution in [0.2, 0.25) is 0 Å². The van der Waals surface area contributed by atoms with Crippen molar-refractivity contribution in [3.63, 3.8) is 0 Å². The van der Waals surface area contributed by atoms with Crippen molar-refractivity contribution in [2.75, 3.05) is 13.1 Å². The van der Waals surface area contributed by atoms with Crippen molar-refractivity contribution in [2.24, 2.45) is 28.7 Å². The number of piperidine rings is 3. The molecule has 0 radical (unpaired) electrons. The van der Waals surface area contributed by atoms with Gasteiger partial charge in [0.1, 0.15) is 0 Å². The van der Waals surface area contributed by atoms with Crippen LogP contribution in [0.4, 0.5) is 0 Å². The summed E-state index contributed by atoms with van der Waals surface area (Å²) >= 11 is 0. The molecule has 7 rings (SSSR count). The fourth-order valence-electron chi connectivity index (χ4n) is 7.27. The van der Waals surface area contributed by atoms with Gasteiger partial charge in [-0.1, -0.05) is 67.1 Å². The molecule has 2 aliphatic carbocycles. The molecular formula is C28H34N2. The molecule has 156 valence electrons. The highest BCUT2D eigenvalue weighted by atomic mass is 15.2. The van der Waals surface area contributed by atoms with Gasteiger partial charge in [0.25, 0.3) is 0 Å². The number of aliphatic imine (C=N–C) groups is 1. The molecule has 5 unspecified atom stereocenters. The first-order valence-electron chi connectivity index (χ1n) is 12.2. The number of nitrogens with zero attached hydrogens (tertiary/aromatic N) is 2. The lowest BCUT2D eigenvalue weighted by molar-refractivity contribution is 0.0213. The van der Waals surface area contributed by atoms with Crippen LogP contribution >= 0.6 is 0 Å². The van der Waals surface area contributed by atoms with E-state index in [0.29, 0.717) is 18.0 Å². The van der Waals surface area contributed by atoms with Crippen molar-refractivity contribution in [3.05, 3.63) is 71.8 Å². The Labute approximate surface area is 181 Å². The van der Waals surface area contributed by atoms with Gasteiger partial charge in [0, 0.05) is 18.2 Å². The second-order valence-electron chi connectivity index (χ2n) is 10.3. The third-order valence-electron chi connectivity index (χ3n) is 8.73. The minimum atomic E-state index is 0.401. The summed E-state index contributed by atoms with van der Waals surface area (Å²) in [4.78, 5) is 8.22. The molecule has 3 aliphatic heterocycles. The smallest absolute Gasteiger partial charge is 0.0689 e. The van der Waals surface area contributed by atoms with Gasteiger partial charge < -0.3 is 0 Å². The molecule has 3 saturated heterocycles. The van der Waals surface area contributed by atoms with Crippen LogP contribution in [0, 0.1) is 23.7 Å². The van der Waals surface area contributed by atoms with E-state index in [4.69, 9.17) is 4.99 Å². The van der Waals surface area contributed by atoms with Crippen LogP contribution in [0.1, 0.15) is 55.6 Å². The average Bonchev–Trinajstić information content (AvgIpc) is 3.44. The van der Waals surface area contributed by atoms with E-state index < -0.39 is 0 Å². The van der Waals surface area contributed by atoms with Gasteiger partial charge in [-0.2, -0.15) is 0 Å². The Morgan fingerprint density at radius 1 is 0.767 bits per heavy atom. The van der Waals surface area contributed by atoms with E-state index in [1.807, 2.05) is 0 Å². The molecule has 2 saturated carbocycles. The molecule has 5 aliphatic rings. The Morgan fingerprint density at radius 2 is 1.43 bits per heavy atom. The Hall–Kier alpha value is -1.93. The Bertz CT molecular complexity index is 829. The highest BCUT2D eigenvalue weighted by Crippen LogP contribution is 2.48. The van der Waals surface area contributed by atoms with Crippen LogP contribution in [-0.4, -0.2) is 36.3 Å². The standard InChI is InChI=1S/C28H34N2/c1-3-7-21(8-4-1)26(22-9-5-2-6-10-22)28-27(23-13-15-30(28)16-14-23)29-19-25-18-20-11-12-24(25)17-20/h1-10,19-20,23-28H,11-18H2. The van der Waals surface area contributed by atoms with E-state index in [1.54, 1.807) is 0 Å². The lowest BCUT2D eigenvalue weighted by Gasteiger charge is -2.52. The van der Waals surface area contributed by atoms with Crippen molar-refractivity contribution >= 4 is 6.21 Å². The van der Waals surface area contributed by atoms with E-state index in [-0.39, 0.29) is 0 Å². The fraction of sp³-hybridized carbons (Fsp3) is 0.536. The molecule has 0 amide bonds. The van der Waals surface area contributed by atoms with Crippen LogP contribution in [-0.2, 0) is 0 Å². The number of fused-ring (bicyclic) bond motifs is 5. The van der Waals surface area contributed by atoms with Gasteiger partial charge in [0.05, 0.1) is 6.04 Å². The minimum Gasteiger partial charge on any atom is -0.297 e. The summed E-state index contributed by atoms with van der Waals surface area (Å²) in [5.74, 6) is 3.83. The highest BCUT2D eigenvalue weighted by molar-refractivity contribution is 5.62. The highest BCUT2D eigenvalue weighted by Gasteiger charge is 2.47. The van der Waals surface area contributed by atoms with Crippen LogP contribution in [0.15, 0.2) is 65.7 Å². The van der Waals surface area contributed by atoms with Gasteiger partial charge in [-0.15, -0.1) is 0 Å². The maximum Gasteiger partial charge on any atom is 0.0689 e. The van der Waals surface area contributed by atoms with Gasteiger partial charge in [0.2, 0.25) is 0 Å². The lowest BCUT2D eigenvalue weighted by Crippen LogP contribution is -2.59. The van der Waals surface area contributed by atoms with Crippen molar-refractivity contribution in [1.82, 2.24) is 4.90 Å². The van der Waals surface area contributed by atoms with Gasteiger partial charge in [0.15, 0.2) is 0 Å². The van der Waals surface area contributed by atoms with Crippen LogP contribution in [0.5, 0.6) is 0 Å². The van der Waals surface area contributed by atoms with Gasteiger partial charge >= 0.3 is 0 Å². The predicted octanol–water partition coefficient (Wildman–Crippen LogP) is 5.79. The zero-order valence-corrected chi connectivity index (χ0v) is 17.9. The molecule has 2 heteroatoms. The van der Waals surface area contributed by atoms with E-state index in [1.165, 1.54) is 62.7 Å². The first kappa shape index (κ1) is 18.8. The number of benzene rings is 2. The number of hydrogen-bond donors (Lipinski definition) is 0. The van der Waals surface area contributed by atoms with Gasteiger partial charge in [-0.05, 0) is 80.0 Å². The fourth-order valence-corrected chi connectivity index (χ4v) is 7.27. The quantitative estimate of drug-likeness (QED) is 0.582. The molecule has 2 nitrogen and oxygen atoms in total. The summed E-state index contributed by atoms with van der Waals surface area (Å²) in [5, 5.41) is 0. The minimum absolute atomic E-state index is 0.401. The zero-order chi connectivity index (χ0) is 19.9. The SMILES string of the molecule is C(=NC1C2CCN(CC2)C1C(c1ccccc1)c1ccccc1)C1CC2CCC1C2. The van der Waals surface area contributed by atoms with Crippen LogP contribution < -0.4 is 0 Å². The Kier molecular flexibility index (Phi) is 4.99. The van der Waals surface area contributed by atoms with E-state index in [0.717, 1.165) is 23.7 Å². The molecule has 0 N–H and O–H groups in total. The Balaban J connectivity index is 1.36. The van der Waals surface area contributed by atoms with Gasteiger partial charge in [-0.25, -0.2) is 0 Å². The lowest BCUT2D eigenvalue weighted by atomic mass is 9.70. The topological polar surface area (TPSA) is 15.6 Å². The normalized spacial score (nSPS) is 37.4. The second kappa shape index (κ2) is 7.96. The van der Waals surface area contributed by atoms with E-state index >= 15 is 0 Å². The molecule has 3 heterocycles. The molecule has 5 atom stereocenters. The van der Waals surface area contributed by atoms with Crippen molar-refractivity contribution < 1.29 is 0 Å². The third kappa shape index (κ3) is 3.34. The molecule has 2 aromatic carbocycles. The first-order chi connectivity index (χ1) is 14.9. The Morgan fingerprint density at radius 3 is 2.00 bits per heavy atom. The summed E-state index contributed by atoms with van der Waals surface area (Å²) in [5.41, 5.74) is 2.89. The van der Waals surface area contributed by atoms with Crippen molar-refractivity contribution in [3.8, 4) is 0 Å².